The Kier molecular flexibility index (Phi) is 8.72. The van der Waals surface area contributed by atoms with E-state index in [-0.39, 0.29) is 0 Å². The number of aromatic nitrogens is 6. The minimum Gasteiger partial charge on any atom is -0.436 e. The lowest BCUT2D eigenvalue weighted by Crippen LogP contribution is -2.00. The van der Waals surface area contributed by atoms with E-state index in [2.05, 4.69) is 174 Å². The molecule has 0 saturated carbocycles. The van der Waals surface area contributed by atoms with Crippen LogP contribution < -0.4 is 0 Å². The van der Waals surface area contributed by atoms with Gasteiger partial charge in [-0.2, -0.15) is 0 Å². The van der Waals surface area contributed by atoms with Crippen molar-refractivity contribution in [3.63, 3.8) is 0 Å². The summed E-state index contributed by atoms with van der Waals surface area (Å²) in [5.41, 5.74) is 13.3. The lowest BCUT2D eigenvalue weighted by Gasteiger charge is -2.11. The quantitative estimate of drug-likeness (QED) is 0.157. The minimum absolute atomic E-state index is 0.576. The Balaban J connectivity index is 0.897. The van der Waals surface area contributed by atoms with Gasteiger partial charge < -0.3 is 13.4 Å². The highest BCUT2D eigenvalue weighted by Crippen LogP contribution is 2.38. The zero-order valence-electron chi connectivity index (χ0n) is 36.8. The first kappa shape index (κ1) is 38.7. The third-order valence-electron chi connectivity index (χ3n) is 13.1. The van der Waals surface area contributed by atoms with Crippen LogP contribution in [0.5, 0.6) is 0 Å². The number of nitrogens with zero attached hydrogens (tertiary/aromatic N) is 6. The van der Waals surface area contributed by atoms with Gasteiger partial charge in [-0.25, -0.2) is 24.9 Å². The molecule has 0 aliphatic heterocycles. The number of rotatable bonds is 7. The summed E-state index contributed by atoms with van der Waals surface area (Å²) in [6.07, 6.45) is 0. The molecule has 4 aromatic heterocycles. The summed E-state index contributed by atoms with van der Waals surface area (Å²) in [7, 11) is 0. The Bertz CT molecular complexity index is 4100. The Morgan fingerprint density at radius 3 is 1.35 bits per heavy atom. The number of oxazole rings is 2. The number of hydrogen-bond donors (Lipinski definition) is 0. The first-order chi connectivity index (χ1) is 34.1. The molecule has 0 amide bonds. The van der Waals surface area contributed by atoms with Crippen molar-refractivity contribution in [2.75, 3.05) is 0 Å². The van der Waals surface area contributed by atoms with Gasteiger partial charge in [0.25, 0.3) is 0 Å². The van der Waals surface area contributed by atoms with Gasteiger partial charge in [0.2, 0.25) is 11.8 Å². The van der Waals surface area contributed by atoms with E-state index in [1.807, 2.05) is 48.5 Å². The van der Waals surface area contributed by atoms with Crippen LogP contribution in [0.2, 0.25) is 0 Å². The van der Waals surface area contributed by atoms with Gasteiger partial charge >= 0.3 is 0 Å². The maximum Gasteiger partial charge on any atom is 0.227 e. The molecule has 10 aromatic carbocycles. The van der Waals surface area contributed by atoms with Crippen molar-refractivity contribution >= 4 is 65.6 Å². The topological polar surface area (TPSA) is 95.7 Å². The van der Waals surface area contributed by atoms with Crippen LogP contribution in [0.25, 0.3) is 139 Å². The van der Waals surface area contributed by atoms with Gasteiger partial charge in [-0.3, -0.25) is 0 Å². The Morgan fingerprint density at radius 2 is 0.754 bits per heavy atom. The second kappa shape index (κ2) is 15.5. The molecule has 69 heavy (non-hydrogen) atoms. The maximum absolute atomic E-state index is 6.12. The van der Waals surface area contributed by atoms with Crippen LogP contribution in [-0.2, 0) is 0 Å². The normalized spacial score (nSPS) is 11.8. The van der Waals surface area contributed by atoms with Gasteiger partial charge in [0.15, 0.2) is 28.6 Å². The van der Waals surface area contributed by atoms with Gasteiger partial charge in [0.05, 0.1) is 11.0 Å². The number of hydrogen-bond acceptors (Lipinski definition) is 7. The number of fused-ring (bicyclic) bond motifs is 7. The molecule has 8 heteroatoms. The summed E-state index contributed by atoms with van der Waals surface area (Å²) >= 11 is 0. The monoisotopic (exact) mass is 884 g/mol. The van der Waals surface area contributed by atoms with E-state index in [1.165, 1.54) is 5.56 Å². The fraction of sp³-hybridized carbons (Fsp3) is 0. The molecule has 0 bridgehead atoms. The van der Waals surface area contributed by atoms with Crippen LogP contribution in [0, 0.1) is 0 Å². The summed E-state index contributed by atoms with van der Waals surface area (Å²) in [5.74, 6) is 2.91. The third-order valence-corrected chi connectivity index (χ3v) is 13.1. The van der Waals surface area contributed by atoms with E-state index in [0.29, 0.717) is 29.3 Å². The molecule has 0 saturated heterocycles. The Morgan fingerprint density at radius 1 is 0.290 bits per heavy atom. The SMILES string of the molecule is c1ccc(-c2cccc(-n3c4ccccc4c4cc(-c5nc(-c6ccc7cc(-c8nc9ccccc9o8)ccc7c6)nc(-c6ccc7cc(-c8nc9ccccc9o8)ccc7c6)n5)ccc43)c2)cc1. The summed E-state index contributed by atoms with van der Waals surface area (Å²) in [5, 5.41) is 6.45. The van der Waals surface area contributed by atoms with E-state index >= 15 is 0 Å². The molecule has 0 aliphatic carbocycles. The van der Waals surface area contributed by atoms with Crippen molar-refractivity contribution in [3.05, 3.63) is 218 Å². The second-order valence-corrected chi connectivity index (χ2v) is 17.3. The summed E-state index contributed by atoms with van der Waals surface area (Å²) in [4.78, 5) is 25.2. The van der Waals surface area contributed by atoms with Crippen molar-refractivity contribution in [3.8, 4) is 73.9 Å². The van der Waals surface area contributed by atoms with Gasteiger partial charge in [-0.1, -0.05) is 121 Å². The molecule has 0 radical (unpaired) electrons. The van der Waals surface area contributed by atoms with Crippen LogP contribution in [0.1, 0.15) is 0 Å². The first-order valence-corrected chi connectivity index (χ1v) is 22.9. The molecule has 0 aliphatic rings. The summed E-state index contributed by atoms with van der Waals surface area (Å²) < 4.78 is 14.6. The predicted octanol–water partition coefficient (Wildman–Crippen LogP) is 15.6. The van der Waals surface area contributed by atoms with Crippen LogP contribution in [0.4, 0.5) is 0 Å². The zero-order chi connectivity index (χ0) is 45.4. The molecule has 0 atom stereocenters. The molecule has 14 aromatic rings. The van der Waals surface area contributed by atoms with Gasteiger partial charge in [-0.15, -0.1) is 0 Å². The van der Waals surface area contributed by atoms with Gasteiger partial charge in [0, 0.05) is 44.3 Å². The van der Waals surface area contributed by atoms with E-state index in [4.69, 9.17) is 33.8 Å². The summed E-state index contributed by atoms with van der Waals surface area (Å²) in [6.45, 7) is 0. The van der Waals surface area contributed by atoms with Gasteiger partial charge in [-0.05, 0) is 130 Å². The fourth-order valence-corrected chi connectivity index (χ4v) is 9.64. The molecule has 322 valence electrons. The lowest BCUT2D eigenvalue weighted by atomic mass is 10.0. The summed E-state index contributed by atoms with van der Waals surface area (Å²) in [6, 6.07) is 75.2. The smallest absolute Gasteiger partial charge is 0.227 e. The van der Waals surface area contributed by atoms with Crippen LogP contribution in [0.3, 0.4) is 0 Å². The van der Waals surface area contributed by atoms with Crippen LogP contribution >= 0.6 is 0 Å². The van der Waals surface area contributed by atoms with Crippen molar-refractivity contribution in [2.24, 2.45) is 0 Å². The molecule has 0 N–H and O–H groups in total. The Hall–Kier alpha value is -9.53. The molecule has 14 rings (SSSR count). The standard InChI is InChI=1S/C61H36N6O2/c1-2-11-37(12-3-1)38-13-10-14-48(35-38)67-53-18-7-4-15-49(53)50-36-45(29-30-54(50)67)59-65-57(43-25-21-41-33-46(27-23-39(41)31-43)60-62-51-16-5-8-19-55(51)68-60)64-58(66-59)44-26-22-42-34-47(28-24-40(42)32-44)61-63-52-17-6-9-20-56(52)69-61/h1-36H. The largest absolute Gasteiger partial charge is 0.436 e. The zero-order valence-corrected chi connectivity index (χ0v) is 36.8. The molecule has 0 fully saturated rings. The van der Waals surface area contributed by atoms with Gasteiger partial charge in [0.1, 0.15) is 11.0 Å². The first-order valence-electron chi connectivity index (χ1n) is 22.9. The average molecular weight is 885 g/mol. The molecular formula is C61H36N6O2. The minimum atomic E-state index is 0.576. The molecule has 0 spiro atoms. The predicted molar refractivity (Wildman–Crippen MR) is 277 cm³/mol. The highest BCUT2D eigenvalue weighted by atomic mass is 16.4. The van der Waals surface area contributed by atoms with Crippen molar-refractivity contribution < 1.29 is 8.83 Å². The van der Waals surface area contributed by atoms with Crippen molar-refractivity contribution in [2.45, 2.75) is 0 Å². The highest BCUT2D eigenvalue weighted by molar-refractivity contribution is 6.10. The average Bonchev–Trinajstić information content (AvgIpc) is 4.15. The van der Waals surface area contributed by atoms with E-state index in [9.17, 15) is 0 Å². The van der Waals surface area contributed by atoms with Crippen molar-refractivity contribution in [1.29, 1.82) is 0 Å². The molecule has 8 nitrogen and oxygen atoms in total. The fourth-order valence-electron chi connectivity index (χ4n) is 9.64. The van der Waals surface area contributed by atoms with Crippen molar-refractivity contribution in [1.82, 2.24) is 29.5 Å². The maximum atomic E-state index is 6.12. The molecule has 4 heterocycles. The van der Waals surface area contributed by atoms with Crippen LogP contribution in [-0.4, -0.2) is 29.5 Å². The highest BCUT2D eigenvalue weighted by Gasteiger charge is 2.19. The van der Waals surface area contributed by atoms with E-state index < -0.39 is 0 Å². The second-order valence-electron chi connectivity index (χ2n) is 17.3. The lowest BCUT2D eigenvalue weighted by molar-refractivity contribution is 0.619. The van der Waals surface area contributed by atoms with E-state index in [0.717, 1.165) is 105 Å². The number of benzene rings is 10. The van der Waals surface area contributed by atoms with E-state index in [1.54, 1.807) is 0 Å². The molecular weight excluding hydrogens is 849 g/mol. The number of para-hydroxylation sites is 5. The molecule has 0 unspecified atom stereocenters. The van der Waals surface area contributed by atoms with Crippen LogP contribution in [0.15, 0.2) is 227 Å². The third kappa shape index (κ3) is 6.73. The Labute approximate surface area is 394 Å².